The largest absolute Gasteiger partial charge is 0.462 e. The van der Waals surface area contributed by atoms with Crippen LogP contribution in [0.15, 0.2) is 40.8 Å². The van der Waals surface area contributed by atoms with Gasteiger partial charge < -0.3 is 10.1 Å². The molecular weight excluding hydrogens is 460 g/mol. The molecule has 1 amide bonds. The van der Waals surface area contributed by atoms with Crippen molar-refractivity contribution in [1.29, 1.82) is 0 Å². The summed E-state index contributed by atoms with van der Waals surface area (Å²) >= 11 is 2.53. The molecular formula is C23H22N4O4S2. The third-order valence-corrected chi connectivity index (χ3v) is 7.12. The number of para-hydroxylation sites is 1. The minimum Gasteiger partial charge on any atom is -0.462 e. The predicted octanol–water partition coefficient (Wildman–Crippen LogP) is 3.94. The van der Waals surface area contributed by atoms with E-state index in [-0.39, 0.29) is 31.0 Å². The summed E-state index contributed by atoms with van der Waals surface area (Å²) in [6.07, 6.45) is 1.61. The monoisotopic (exact) mass is 482 g/mol. The molecule has 1 N–H and O–H groups in total. The molecule has 0 spiro atoms. The number of hydrogen-bond acceptors (Lipinski definition) is 8. The van der Waals surface area contributed by atoms with Crippen LogP contribution in [0.25, 0.3) is 10.2 Å². The lowest BCUT2D eigenvalue weighted by atomic mass is 10.2. The van der Waals surface area contributed by atoms with Crippen molar-refractivity contribution in [3.05, 3.63) is 73.0 Å². The number of carbonyl (C=O) groups is 2. The van der Waals surface area contributed by atoms with Crippen LogP contribution < -0.4 is 10.9 Å². The van der Waals surface area contributed by atoms with E-state index in [9.17, 15) is 14.4 Å². The Labute approximate surface area is 197 Å². The number of aryl methyl sites for hydroxylation is 2. The molecule has 0 saturated heterocycles. The predicted molar refractivity (Wildman–Crippen MR) is 129 cm³/mol. The molecule has 0 bridgehead atoms. The van der Waals surface area contributed by atoms with Gasteiger partial charge in [-0.25, -0.2) is 14.8 Å². The van der Waals surface area contributed by atoms with E-state index in [4.69, 9.17) is 4.74 Å². The summed E-state index contributed by atoms with van der Waals surface area (Å²) in [6, 6.07) is 7.58. The van der Waals surface area contributed by atoms with E-state index in [2.05, 4.69) is 15.3 Å². The van der Waals surface area contributed by atoms with Gasteiger partial charge in [0.05, 0.1) is 37.0 Å². The van der Waals surface area contributed by atoms with Crippen LogP contribution in [-0.2, 0) is 22.5 Å². The van der Waals surface area contributed by atoms with Gasteiger partial charge in [-0.15, -0.1) is 22.7 Å². The zero-order valence-electron chi connectivity index (χ0n) is 18.4. The second-order valence-electron chi connectivity index (χ2n) is 7.41. The molecule has 0 aliphatic rings. The number of carbonyl (C=O) groups excluding carboxylic acids is 2. The fraction of sp³-hybridized carbons (Fsp3) is 0.261. The molecule has 0 atom stereocenters. The van der Waals surface area contributed by atoms with Crippen LogP contribution in [0.4, 0.5) is 5.69 Å². The maximum absolute atomic E-state index is 13.1. The molecule has 4 aromatic rings. The average molecular weight is 483 g/mol. The van der Waals surface area contributed by atoms with E-state index in [1.54, 1.807) is 13.8 Å². The van der Waals surface area contributed by atoms with Crippen molar-refractivity contribution >= 4 is 50.5 Å². The lowest BCUT2D eigenvalue weighted by Crippen LogP contribution is -2.21. The number of fused-ring (bicyclic) bond motifs is 1. The maximum atomic E-state index is 13.1. The second-order valence-corrected chi connectivity index (χ2v) is 9.35. The third-order valence-electron chi connectivity index (χ3n) is 5.04. The zero-order valence-corrected chi connectivity index (χ0v) is 20.0. The number of ether oxygens (including phenoxy) is 1. The Balaban J connectivity index is 1.50. The SMILES string of the molecule is CCOC(=O)c1sc2ncn(Cc3csc(CC(=O)Nc4ccccc4C)n3)c(=O)c2c1C. The van der Waals surface area contributed by atoms with E-state index >= 15 is 0 Å². The van der Waals surface area contributed by atoms with Crippen molar-refractivity contribution in [2.24, 2.45) is 0 Å². The number of amides is 1. The summed E-state index contributed by atoms with van der Waals surface area (Å²) < 4.78 is 6.54. The van der Waals surface area contributed by atoms with Crippen molar-refractivity contribution < 1.29 is 14.3 Å². The zero-order chi connectivity index (χ0) is 23.5. The van der Waals surface area contributed by atoms with Gasteiger partial charge in [0.25, 0.3) is 5.56 Å². The Hall–Kier alpha value is -3.37. The number of nitrogens with one attached hydrogen (secondary N) is 1. The number of hydrogen-bond donors (Lipinski definition) is 1. The fourth-order valence-corrected chi connectivity index (χ4v) is 5.20. The molecule has 3 heterocycles. The quantitative estimate of drug-likeness (QED) is 0.400. The summed E-state index contributed by atoms with van der Waals surface area (Å²) in [5.74, 6) is -0.595. The molecule has 170 valence electrons. The third kappa shape index (κ3) is 4.86. The van der Waals surface area contributed by atoms with Crippen LogP contribution in [-0.4, -0.2) is 33.0 Å². The van der Waals surface area contributed by atoms with Gasteiger partial charge in [-0.05, 0) is 38.0 Å². The van der Waals surface area contributed by atoms with Crippen molar-refractivity contribution in [2.75, 3.05) is 11.9 Å². The first-order chi connectivity index (χ1) is 15.9. The van der Waals surface area contributed by atoms with Gasteiger partial charge in [0.1, 0.15) is 14.7 Å². The highest BCUT2D eigenvalue weighted by molar-refractivity contribution is 7.20. The van der Waals surface area contributed by atoms with Crippen molar-refractivity contribution in [3.8, 4) is 0 Å². The number of aromatic nitrogens is 3. The summed E-state index contributed by atoms with van der Waals surface area (Å²) in [5, 5.41) is 5.81. The van der Waals surface area contributed by atoms with E-state index < -0.39 is 5.97 Å². The van der Waals surface area contributed by atoms with Crippen LogP contribution in [0.2, 0.25) is 0 Å². The standard InChI is InChI=1S/C23H22N4O4S2/c1-4-31-23(30)20-14(3)19-21(33-20)24-12-27(22(19)29)10-15-11-32-18(25-15)9-17(28)26-16-8-6-5-7-13(16)2/h5-8,11-12H,4,9-10H2,1-3H3,(H,26,28). The Morgan fingerprint density at radius 3 is 2.76 bits per heavy atom. The van der Waals surface area contributed by atoms with Crippen LogP contribution in [0.3, 0.4) is 0 Å². The smallest absolute Gasteiger partial charge is 0.348 e. The lowest BCUT2D eigenvalue weighted by Gasteiger charge is -2.06. The van der Waals surface area contributed by atoms with Gasteiger partial charge >= 0.3 is 5.97 Å². The second kappa shape index (κ2) is 9.63. The Kier molecular flexibility index (Phi) is 6.66. The number of anilines is 1. The highest BCUT2D eigenvalue weighted by Crippen LogP contribution is 2.27. The molecule has 0 saturated carbocycles. The van der Waals surface area contributed by atoms with Gasteiger partial charge in [-0.1, -0.05) is 18.2 Å². The highest BCUT2D eigenvalue weighted by atomic mass is 32.1. The van der Waals surface area contributed by atoms with Gasteiger partial charge in [0.15, 0.2) is 0 Å². The normalized spacial score (nSPS) is 11.0. The molecule has 0 unspecified atom stereocenters. The molecule has 0 aliphatic heterocycles. The molecule has 33 heavy (non-hydrogen) atoms. The number of benzene rings is 1. The molecule has 0 fully saturated rings. The van der Waals surface area contributed by atoms with Gasteiger partial charge in [-0.3, -0.25) is 14.2 Å². The van der Waals surface area contributed by atoms with Gasteiger partial charge in [-0.2, -0.15) is 0 Å². The molecule has 0 radical (unpaired) electrons. The minimum atomic E-state index is -0.447. The van der Waals surface area contributed by atoms with Gasteiger partial charge in [0, 0.05) is 11.1 Å². The molecule has 3 aromatic heterocycles. The molecule has 0 aliphatic carbocycles. The van der Waals surface area contributed by atoms with Crippen LogP contribution in [0, 0.1) is 13.8 Å². The number of nitrogens with zero attached hydrogens (tertiary/aromatic N) is 3. The van der Waals surface area contributed by atoms with Gasteiger partial charge in [0.2, 0.25) is 5.91 Å². The number of thiophene rings is 1. The van der Waals surface area contributed by atoms with Crippen molar-refractivity contribution in [2.45, 2.75) is 33.7 Å². The average Bonchev–Trinajstić information content (AvgIpc) is 3.36. The van der Waals surface area contributed by atoms with E-state index in [0.717, 1.165) is 22.6 Å². The fourth-order valence-electron chi connectivity index (χ4n) is 3.39. The lowest BCUT2D eigenvalue weighted by molar-refractivity contribution is -0.115. The molecule has 10 heteroatoms. The van der Waals surface area contributed by atoms with Crippen LogP contribution in [0.5, 0.6) is 0 Å². The number of thiazole rings is 1. The molecule has 8 nitrogen and oxygen atoms in total. The van der Waals surface area contributed by atoms with Crippen molar-refractivity contribution in [3.63, 3.8) is 0 Å². The minimum absolute atomic E-state index is 0.147. The number of esters is 1. The summed E-state index contributed by atoms with van der Waals surface area (Å²) in [6.45, 7) is 5.89. The van der Waals surface area contributed by atoms with Crippen LogP contribution in [0.1, 0.15) is 38.4 Å². The topological polar surface area (TPSA) is 103 Å². The first kappa shape index (κ1) is 22.8. The van der Waals surface area contributed by atoms with Crippen molar-refractivity contribution in [1.82, 2.24) is 14.5 Å². The summed E-state index contributed by atoms with van der Waals surface area (Å²) in [4.78, 5) is 47.4. The summed E-state index contributed by atoms with van der Waals surface area (Å²) in [7, 11) is 0. The van der Waals surface area contributed by atoms with Crippen LogP contribution >= 0.6 is 22.7 Å². The number of rotatable bonds is 7. The van der Waals surface area contributed by atoms with E-state index in [0.29, 0.717) is 31.4 Å². The van der Waals surface area contributed by atoms with E-state index in [1.807, 2.05) is 36.6 Å². The molecule has 4 rings (SSSR count). The Morgan fingerprint density at radius 1 is 1.21 bits per heavy atom. The highest BCUT2D eigenvalue weighted by Gasteiger charge is 2.20. The Bertz CT molecular complexity index is 1400. The Morgan fingerprint density at radius 2 is 2.00 bits per heavy atom. The summed E-state index contributed by atoms with van der Waals surface area (Å²) in [5.41, 5.74) is 2.77. The molecule has 1 aromatic carbocycles. The first-order valence-electron chi connectivity index (χ1n) is 10.3. The maximum Gasteiger partial charge on any atom is 0.348 e. The first-order valence-corrected chi connectivity index (χ1v) is 12.0. The van der Waals surface area contributed by atoms with E-state index in [1.165, 1.54) is 22.2 Å².